The van der Waals surface area contributed by atoms with Gasteiger partial charge < -0.3 is 14.2 Å². The Kier molecular flexibility index (Phi) is 4.72. The highest BCUT2D eigenvalue weighted by atomic mass is 32.1. The third-order valence-corrected chi connectivity index (χ3v) is 3.26. The van der Waals surface area contributed by atoms with Crippen molar-refractivity contribution in [3.63, 3.8) is 0 Å². The Labute approximate surface area is 106 Å². The lowest BCUT2D eigenvalue weighted by Gasteiger charge is -2.24. The molecule has 92 valence electrons. The molecule has 1 aliphatic heterocycles. The van der Waals surface area contributed by atoms with Gasteiger partial charge in [-0.25, -0.2) is 0 Å². The molecule has 0 bridgehead atoms. The zero-order valence-electron chi connectivity index (χ0n) is 9.69. The number of thiophene rings is 1. The largest absolute Gasteiger partial charge is 0.485 e. The van der Waals surface area contributed by atoms with E-state index in [9.17, 15) is 0 Å². The predicted octanol–water partition coefficient (Wildman–Crippen LogP) is 2.71. The molecule has 0 N–H and O–H groups in total. The van der Waals surface area contributed by atoms with Crippen molar-refractivity contribution in [3.8, 4) is 23.8 Å². The molecule has 0 aromatic carbocycles. The third-order valence-electron chi connectivity index (χ3n) is 2.56. The molecule has 0 spiro atoms. The van der Waals surface area contributed by atoms with Crippen LogP contribution in [-0.4, -0.2) is 25.9 Å². The Morgan fingerprint density at radius 3 is 3.18 bits per heavy atom. The summed E-state index contributed by atoms with van der Waals surface area (Å²) in [6, 6.07) is 0. The Balaban J connectivity index is 1.60. The lowest BCUT2D eigenvalue weighted by Crippen LogP contribution is -2.28. The minimum absolute atomic E-state index is 0.171. The van der Waals surface area contributed by atoms with E-state index in [0.29, 0.717) is 13.2 Å². The maximum Gasteiger partial charge on any atom is 0.172 e. The first kappa shape index (κ1) is 12.3. The first-order valence-corrected chi connectivity index (χ1v) is 6.71. The van der Waals surface area contributed by atoms with Crippen LogP contribution in [0.25, 0.3) is 0 Å². The Hall–Kier alpha value is -1.18. The van der Waals surface area contributed by atoms with Gasteiger partial charge in [-0.1, -0.05) is 5.92 Å². The number of hydrogen-bond donors (Lipinski definition) is 0. The van der Waals surface area contributed by atoms with Crippen molar-refractivity contribution in [3.05, 3.63) is 10.8 Å². The van der Waals surface area contributed by atoms with Crippen molar-refractivity contribution in [2.75, 3.05) is 19.8 Å². The minimum Gasteiger partial charge on any atom is -0.485 e. The highest BCUT2D eigenvalue weighted by molar-refractivity contribution is 7.08. The van der Waals surface area contributed by atoms with Crippen LogP contribution in [0.3, 0.4) is 0 Å². The molecule has 1 aromatic rings. The summed E-state index contributed by atoms with van der Waals surface area (Å²) in [4.78, 5) is 0. The fourth-order valence-corrected chi connectivity index (χ4v) is 2.38. The molecule has 3 nitrogen and oxygen atoms in total. The summed E-state index contributed by atoms with van der Waals surface area (Å²) in [5.41, 5.74) is 0. The zero-order chi connectivity index (χ0) is 11.9. The molecule has 0 aliphatic carbocycles. The van der Waals surface area contributed by atoms with E-state index >= 15 is 0 Å². The molecule has 0 radical (unpaired) electrons. The normalized spacial score (nSPS) is 17.7. The number of hydrogen-bond acceptors (Lipinski definition) is 4. The fraction of sp³-hybridized carbons (Fsp3) is 0.538. The van der Waals surface area contributed by atoms with E-state index in [0.717, 1.165) is 37.4 Å². The Morgan fingerprint density at radius 1 is 1.41 bits per heavy atom. The van der Waals surface area contributed by atoms with E-state index in [1.54, 1.807) is 11.3 Å². The molecule has 17 heavy (non-hydrogen) atoms. The van der Waals surface area contributed by atoms with Gasteiger partial charge in [0.1, 0.15) is 19.3 Å². The summed E-state index contributed by atoms with van der Waals surface area (Å²) in [5.74, 6) is 4.21. The second-order valence-electron chi connectivity index (χ2n) is 3.90. The van der Waals surface area contributed by atoms with E-state index in [-0.39, 0.29) is 6.10 Å². The van der Waals surface area contributed by atoms with Gasteiger partial charge in [-0.05, 0) is 19.3 Å². The molecule has 1 unspecified atom stereocenters. The smallest absolute Gasteiger partial charge is 0.172 e. The average molecular weight is 252 g/mol. The van der Waals surface area contributed by atoms with Crippen LogP contribution >= 0.6 is 11.3 Å². The molecule has 0 saturated heterocycles. The number of ether oxygens (including phenoxy) is 3. The topological polar surface area (TPSA) is 27.7 Å². The highest BCUT2D eigenvalue weighted by Gasteiger charge is 2.20. The Bertz CT molecular complexity index is 380. The van der Waals surface area contributed by atoms with Crippen LogP contribution in [0.4, 0.5) is 0 Å². The maximum absolute atomic E-state index is 5.81. The quantitative estimate of drug-likeness (QED) is 0.575. The summed E-state index contributed by atoms with van der Waals surface area (Å²) in [5, 5.41) is 3.96. The van der Waals surface area contributed by atoms with Crippen LogP contribution < -0.4 is 9.47 Å². The molecule has 0 saturated carbocycles. The van der Waals surface area contributed by atoms with Gasteiger partial charge in [0.25, 0.3) is 0 Å². The first-order valence-electron chi connectivity index (χ1n) is 5.77. The standard InChI is InChI=1S/C13H16O3S/c1-2-6-14-7-4-3-5-11-8-15-12-9-17-10-13(12)16-11/h1,9-11H,3-8H2. The summed E-state index contributed by atoms with van der Waals surface area (Å²) >= 11 is 1.61. The lowest BCUT2D eigenvalue weighted by atomic mass is 10.1. The molecular formula is C13H16O3S. The number of terminal acetylenes is 1. The van der Waals surface area contributed by atoms with Gasteiger partial charge in [0.15, 0.2) is 11.5 Å². The maximum atomic E-state index is 5.81. The van der Waals surface area contributed by atoms with E-state index in [1.807, 2.05) is 10.8 Å². The van der Waals surface area contributed by atoms with Crippen LogP contribution in [0.15, 0.2) is 10.8 Å². The molecule has 4 heteroatoms. The van der Waals surface area contributed by atoms with Crippen molar-refractivity contribution in [1.82, 2.24) is 0 Å². The van der Waals surface area contributed by atoms with Gasteiger partial charge in [-0.3, -0.25) is 0 Å². The third kappa shape index (κ3) is 3.65. The fourth-order valence-electron chi connectivity index (χ4n) is 1.71. The van der Waals surface area contributed by atoms with E-state index in [2.05, 4.69) is 5.92 Å². The number of rotatable bonds is 6. The molecule has 2 rings (SSSR count). The van der Waals surface area contributed by atoms with Crippen molar-refractivity contribution in [2.24, 2.45) is 0 Å². The highest BCUT2D eigenvalue weighted by Crippen LogP contribution is 2.35. The summed E-state index contributed by atoms with van der Waals surface area (Å²) < 4.78 is 16.6. The molecule has 2 heterocycles. The van der Waals surface area contributed by atoms with Gasteiger partial charge in [0.05, 0.1) is 0 Å². The first-order chi connectivity index (χ1) is 8.40. The molecule has 0 amide bonds. The van der Waals surface area contributed by atoms with Crippen molar-refractivity contribution in [1.29, 1.82) is 0 Å². The van der Waals surface area contributed by atoms with Crippen LogP contribution in [-0.2, 0) is 4.74 Å². The molecule has 1 atom stereocenters. The van der Waals surface area contributed by atoms with Crippen LogP contribution in [0.5, 0.6) is 11.5 Å². The van der Waals surface area contributed by atoms with Gasteiger partial charge in [-0.15, -0.1) is 17.8 Å². The van der Waals surface area contributed by atoms with Gasteiger partial charge in [0, 0.05) is 17.4 Å². The van der Waals surface area contributed by atoms with Crippen molar-refractivity contribution >= 4 is 11.3 Å². The van der Waals surface area contributed by atoms with Gasteiger partial charge in [-0.2, -0.15) is 0 Å². The number of fused-ring (bicyclic) bond motifs is 1. The predicted molar refractivity (Wildman–Crippen MR) is 67.7 cm³/mol. The molecular weight excluding hydrogens is 236 g/mol. The zero-order valence-corrected chi connectivity index (χ0v) is 10.5. The average Bonchev–Trinajstić information content (AvgIpc) is 2.81. The van der Waals surface area contributed by atoms with E-state index < -0.39 is 0 Å². The summed E-state index contributed by atoms with van der Waals surface area (Å²) in [6.07, 6.45) is 8.33. The van der Waals surface area contributed by atoms with Gasteiger partial charge in [0.2, 0.25) is 0 Å². The number of unbranched alkanes of at least 4 members (excludes halogenated alkanes) is 1. The molecule has 0 fully saturated rings. The molecule has 1 aliphatic rings. The SMILES string of the molecule is C#CCOCCCCC1COc2cscc2O1. The van der Waals surface area contributed by atoms with E-state index in [1.165, 1.54) is 0 Å². The van der Waals surface area contributed by atoms with Gasteiger partial charge >= 0.3 is 0 Å². The second kappa shape index (κ2) is 6.53. The van der Waals surface area contributed by atoms with E-state index in [4.69, 9.17) is 20.6 Å². The minimum atomic E-state index is 0.171. The summed E-state index contributed by atoms with van der Waals surface area (Å²) in [6.45, 7) is 1.78. The summed E-state index contributed by atoms with van der Waals surface area (Å²) in [7, 11) is 0. The van der Waals surface area contributed by atoms with Crippen LogP contribution in [0, 0.1) is 12.3 Å². The van der Waals surface area contributed by atoms with Crippen LogP contribution in [0.1, 0.15) is 19.3 Å². The molecule has 1 aromatic heterocycles. The van der Waals surface area contributed by atoms with Crippen LogP contribution in [0.2, 0.25) is 0 Å². The monoisotopic (exact) mass is 252 g/mol. The lowest BCUT2D eigenvalue weighted by molar-refractivity contribution is 0.0810. The Morgan fingerprint density at radius 2 is 2.29 bits per heavy atom. The van der Waals surface area contributed by atoms with Crippen molar-refractivity contribution in [2.45, 2.75) is 25.4 Å². The van der Waals surface area contributed by atoms with Crippen molar-refractivity contribution < 1.29 is 14.2 Å². The second-order valence-corrected chi connectivity index (χ2v) is 4.65.